The highest BCUT2D eigenvalue weighted by atomic mass is 32.1. The van der Waals surface area contributed by atoms with E-state index in [1.54, 1.807) is 11.3 Å². The van der Waals surface area contributed by atoms with Crippen LogP contribution in [0.5, 0.6) is 0 Å². The molecule has 0 bridgehead atoms. The lowest BCUT2D eigenvalue weighted by Crippen LogP contribution is -2.48. The van der Waals surface area contributed by atoms with Crippen molar-refractivity contribution in [3.63, 3.8) is 0 Å². The monoisotopic (exact) mass is 283 g/mol. The smallest absolute Gasteiger partial charge is 0.315 e. The Morgan fingerprint density at radius 3 is 2.95 bits per heavy atom. The SMILES string of the molecule is C[C@H](CNC(=O)NCc1cccs1)N1CCOCC1. The first-order valence-electron chi connectivity index (χ1n) is 6.61. The molecule has 1 aromatic heterocycles. The normalized spacial score (nSPS) is 17.9. The molecule has 0 unspecified atom stereocenters. The van der Waals surface area contributed by atoms with Gasteiger partial charge in [0.15, 0.2) is 0 Å². The molecular weight excluding hydrogens is 262 g/mol. The Hall–Kier alpha value is -1.11. The van der Waals surface area contributed by atoms with Gasteiger partial charge in [0.05, 0.1) is 19.8 Å². The molecule has 0 aromatic carbocycles. The third kappa shape index (κ3) is 4.81. The van der Waals surface area contributed by atoms with Crippen LogP contribution in [0.1, 0.15) is 11.8 Å². The molecule has 106 valence electrons. The maximum Gasteiger partial charge on any atom is 0.315 e. The summed E-state index contributed by atoms with van der Waals surface area (Å²) in [7, 11) is 0. The van der Waals surface area contributed by atoms with Crippen molar-refractivity contribution in [3.05, 3.63) is 22.4 Å². The second-order valence-corrected chi connectivity index (χ2v) is 5.67. The summed E-state index contributed by atoms with van der Waals surface area (Å²) < 4.78 is 5.32. The highest BCUT2D eigenvalue weighted by molar-refractivity contribution is 7.09. The molecule has 2 amide bonds. The van der Waals surface area contributed by atoms with Crippen molar-refractivity contribution in [1.29, 1.82) is 0 Å². The number of rotatable bonds is 5. The molecule has 1 aliphatic rings. The van der Waals surface area contributed by atoms with Crippen LogP contribution in [0.2, 0.25) is 0 Å². The average molecular weight is 283 g/mol. The molecule has 19 heavy (non-hydrogen) atoms. The minimum Gasteiger partial charge on any atom is -0.379 e. The van der Waals surface area contributed by atoms with Crippen molar-refractivity contribution in [1.82, 2.24) is 15.5 Å². The Morgan fingerprint density at radius 2 is 2.26 bits per heavy atom. The first-order chi connectivity index (χ1) is 9.25. The van der Waals surface area contributed by atoms with Crippen molar-refractivity contribution in [2.24, 2.45) is 0 Å². The summed E-state index contributed by atoms with van der Waals surface area (Å²) in [6, 6.07) is 4.24. The summed E-state index contributed by atoms with van der Waals surface area (Å²) in [4.78, 5) is 15.2. The Morgan fingerprint density at radius 1 is 1.47 bits per heavy atom. The van der Waals surface area contributed by atoms with Gasteiger partial charge in [0.2, 0.25) is 0 Å². The highest BCUT2D eigenvalue weighted by Gasteiger charge is 2.17. The molecule has 0 spiro atoms. The Kier molecular flexibility index (Phi) is 5.62. The van der Waals surface area contributed by atoms with Gasteiger partial charge in [-0.05, 0) is 18.4 Å². The van der Waals surface area contributed by atoms with Gasteiger partial charge in [-0.15, -0.1) is 11.3 Å². The molecule has 1 saturated heterocycles. The predicted octanol–water partition coefficient (Wildman–Crippen LogP) is 1.27. The molecule has 1 aromatic rings. The summed E-state index contributed by atoms with van der Waals surface area (Å²) in [6.07, 6.45) is 0. The number of morpholine rings is 1. The number of thiophene rings is 1. The molecule has 0 saturated carbocycles. The Balaban J connectivity index is 1.62. The molecule has 0 aliphatic carbocycles. The molecule has 1 aliphatic heterocycles. The number of hydrogen-bond acceptors (Lipinski definition) is 4. The summed E-state index contributed by atoms with van der Waals surface area (Å²) in [5.74, 6) is 0. The number of amides is 2. The number of hydrogen-bond donors (Lipinski definition) is 2. The van der Waals surface area contributed by atoms with Gasteiger partial charge in [-0.3, -0.25) is 4.90 Å². The van der Waals surface area contributed by atoms with E-state index in [4.69, 9.17) is 4.74 Å². The molecule has 0 radical (unpaired) electrons. The van der Waals surface area contributed by atoms with E-state index in [1.807, 2.05) is 17.5 Å². The average Bonchev–Trinajstić information content (AvgIpc) is 2.96. The fourth-order valence-electron chi connectivity index (χ4n) is 2.03. The van der Waals surface area contributed by atoms with Crippen molar-refractivity contribution in [2.45, 2.75) is 19.5 Å². The number of nitrogens with one attached hydrogen (secondary N) is 2. The summed E-state index contributed by atoms with van der Waals surface area (Å²) >= 11 is 1.65. The van der Waals surface area contributed by atoms with Crippen LogP contribution in [0.25, 0.3) is 0 Å². The summed E-state index contributed by atoms with van der Waals surface area (Å²) in [5.41, 5.74) is 0. The fraction of sp³-hybridized carbons (Fsp3) is 0.615. The van der Waals surface area contributed by atoms with Gasteiger partial charge in [-0.2, -0.15) is 0 Å². The standard InChI is InChI=1S/C13H21N3O2S/c1-11(16-4-6-18-7-5-16)9-14-13(17)15-10-12-3-2-8-19-12/h2-3,8,11H,4-7,9-10H2,1H3,(H2,14,15,17)/t11-/m1/s1. The molecular formula is C13H21N3O2S. The number of urea groups is 1. The lowest BCUT2D eigenvalue weighted by Gasteiger charge is -2.32. The Labute approximate surface area is 117 Å². The fourth-order valence-corrected chi connectivity index (χ4v) is 2.68. The molecule has 6 heteroatoms. The zero-order chi connectivity index (χ0) is 13.5. The summed E-state index contributed by atoms with van der Waals surface area (Å²) in [5, 5.41) is 7.78. The second kappa shape index (κ2) is 7.47. The third-order valence-electron chi connectivity index (χ3n) is 3.23. The topological polar surface area (TPSA) is 53.6 Å². The van der Waals surface area contributed by atoms with Crippen LogP contribution in [0.4, 0.5) is 4.79 Å². The van der Waals surface area contributed by atoms with E-state index < -0.39 is 0 Å². The van der Waals surface area contributed by atoms with Crippen LogP contribution in [0.15, 0.2) is 17.5 Å². The molecule has 2 heterocycles. The molecule has 2 N–H and O–H groups in total. The Bertz CT molecular complexity index is 377. The maximum atomic E-state index is 11.7. The number of nitrogens with zero attached hydrogens (tertiary/aromatic N) is 1. The van der Waals surface area contributed by atoms with Crippen molar-refractivity contribution >= 4 is 17.4 Å². The van der Waals surface area contributed by atoms with Gasteiger partial charge in [-0.1, -0.05) is 6.07 Å². The lowest BCUT2D eigenvalue weighted by atomic mass is 10.2. The van der Waals surface area contributed by atoms with Crippen molar-refractivity contribution in [3.8, 4) is 0 Å². The molecule has 1 atom stereocenters. The van der Waals surface area contributed by atoms with Crippen LogP contribution in [0.3, 0.4) is 0 Å². The third-order valence-corrected chi connectivity index (χ3v) is 4.11. The zero-order valence-corrected chi connectivity index (χ0v) is 12.0. The predicted molar refractivity (Wildman–Crippen MR) is 76.4 cm³/mol. The van der Waals surface area contributed by atoms with E-state index in [9.17, 15) is 4.79 Å². The van der Waals surface area contributed by atoms with E-state index in [2.05, 4.69) is 22.5 Å². The largest absolute Gasteiger partial charge is 0.379 e. The first-order valence-corrected chi connectivity index (χ1v) is 7.49. The first kappa shape index (κ1) is 14.3. The van der Waals surface area contributed by atoms with Crippen LogP contribution in [-0.4, -0.2) is 49.8 Å². The lowest BCUT2D eigenvalue weighted by molar-refractivity contribution is 0.0209. The second-order valence-electron chi connectivity index (χ2n) is 4.64. The van der Waals surface area contributed by atoms with Gasteiger partial charge in [0, 0.05) is 30.6 Å². The van der Waals surface area contributed by atoms with Gasteiger partial charge in [0.25, 0.3) is 0 Å². The van der Waals surface area contributed by atoms with Gasteiger partial charge in [0.1, 0.15) is 0 Å². The van der Waals surface area contributed by atoms with Crippen molar-refractivity contribution < 1.29 is 9.53 Å². The molecule has 5 nitrogen and oxygen atoms in total. The van der Waals surface area contributed by atoms with E-state index in [0.29, 0.717) is 19.1 Å². The summed E-state index contributed by atoms with van der Waals surface area (Å²) in [6.45, 7) is 6.85. The number of ether oxygens (including phenoxy) is 1. The van der Waals surface area contributed by atoms with Crippen LogP contribution in [-0.2, 0) is 11.3 Å². The quantitative estimate of drug-likeness (QED) is 0.855. The number of carbonyl (C=O) groups is 1. The van der Waals surface area contributed by atoms with E-state index in [-0.39, 0.29) is 6.03 Å². The molecule has 2 rings (SSSR count). The van der Waals surface area contributed by atoms with Gasteiger partial charge in [-0.25, -0.2) is 4.79 Å². The van der Waals surface area contributed by atoms with Crippen LogP contribution < -0.4 is 10.6 Å². The van der Waals surface area contributed by atoms with Crippen LogP contribution >= 0.6 is 11.3 Å². The van der Waals surface area contributed by atoms with Crippen molar-refractivity contribution in [2.75, 3.05) is 32.8 Å². The minimum absolute atomic E-state index is 0.103. The minimum atomic E-state index is -0.103. The van der Waals surface area contributed by atoms with E-state index in [0.717, 1.165) is 31.2 Å². The van der Waals surface area contributed by atoms with Crippen LogP contribution in [0, 0.1) is 0 Å². The molecule has 1 fully saturated rings. The number of carbonyl (C=O) groups excluding carboxylic acids is 1. The zero-order valence-electron chi connectivity index (χ0n) is 11.2. The van der Waals surface area contributed by atoms with E-state index in [1.165, 1.54) is 0 Å². The highest BCUT2D eigenvalue weighted by Crippen LogP contribution is 2.07. The van der Waals surface area contributed by atoms with Gasteiger partial charge < -0.3 is 15.4 Å². The van der Waals surface area contributed by atoms with E-state index >= 15 is 0 Å². The van der Waals surface area contributed by atoms with Gasteiger partial charge >= 0.3 is 6.03 Å². The maximum absolute atomic E-state index is 11.7.